The van der Waals surface area contributed by atoms with E-state index in [4.69, 9.17) is 25.8 Å². The van der Waals surface area contributed by atoms with E-state index in [1.165, 1.54) is 19.3 Å². The summed E-state index contributed by atoms with van der Waals surface area (Å²) in [5.74, 6) is 0.232. The molecule has 0 aromatic heterocycles. The molecule has 5 fully saturated rings. The number of piperidine rings is 1. The van der Waals surface area contributed by atoms with Gasteiger partial charge in [-0.05, 0) is 98.5 Å². The van der Waals surface area contributed by atoms with Crippen LogP contribution in [0, 0.1) is 39.8 Å². The molecule has 0 bridgehead atoms. The molecule has 2 aliphatic carbocycles. The zero-order valence-electron chi connectivity index (χ0n) is 43.9. The monoisotopic (exact) mass is 1060 g/mol. The maximum absolute atomic E-state index is 16.3. The fourth-order valence-electron chi connectivity index (χ4n) is 13.2. The van der Waals surface area contributed by atoms with Crippen LogP contribution in [0.3, 0.4) is 0 Å². The summed E-state index contributed by atoms with van der Waals surface area (Å²) < 4.78 is 61.0. The molecule has 74 heavy (non-hydrogen) atoms. The number of carbonyl (C=O) groups excluding carboxylic acids is 2. The number of ether oxygens (including phenoxy) is 3. The summed E-state index contributed by atoms with van der Waals surface area (Å²) in [5.41, 5.74) is 2.33. The zero-order chi connectivity index (χ0) is 52.5. The number of nitrogens with one attached hydrogen (secondary N) is 3. The van der Waals surface area contributed by atoms with E-state index >= 15 is 4.39 Å². The van der Waals surface area contributed by atoms with Crippen molar-refractivity contribution in [2.45, 2.75) is 141 Å². The number of hydrogen-bond donors (Lipinski definition) is 3. The van der Waals surface area contributed by atoms with Crippen molar-refractivity contribution < 1.29 is 36.6 Å². The van der Waals surface area contributed by atoms with Crippen molar-refractivity contribution in [3.05, 3.63) is 93.9 Å². The summed E-state index contributed by atoms with van der Waals surface area (Å²) in [7, 11) is -1.62. The minimum absolute atomic E-state index is 0.0134. The van der Waals surface area contributed by atoms with E-state index in [2.05, 4.69) is 59.5 Å². The molecule has 400 valence electrons. The van der Waals surface area contributed by atoms with E-state index < -0.39 is 21.7 Å². The summed E-state index contributed by atoms with van der Waals surface area (Å²) in [6.07, 6.45) is 11.2. The summed E-state index contributed by atoms with van der Waals surface area (Å²) in [6, 6.07) is 17.6. The number of nitriles is 1. The highest BCUT2D eigenvalue weighted by Gasteiger charge is 2.64. The largest absolute Gasteiger partial charge is 0.489 e. The highest BCUT2D eigenvalue weighted by atomic mass is 35.5. The molecule has 2 amide bonds. The van der Waals surface area contributed by atoms with E-state index in [0.29, 0.717) is 83.9 Å². The molecule has 3 aromatic rings. The number of hydrogen-bond acceptors (Lipinski definition) is 12. The molecule has 0 spiro atoms. The van der Waals surface area contributed by atoms with Crippen molar-refractivity contribution in [3.63, 3.8) is 0 Å². The fourth-order valence-corrected chi connectivity index (χ4v) is 14.3. The lowest BCUT2D eigenvalue weighted by Crippen LogP contribution is -2.75. The highest BCUT2D eigenvalue weighted by molar-refractivity contribution is 7.90. The van der Waals surface area contributed by atoms with Gasteiger partial charge >= 0.3 is 0 Å². The van der Waals surface area contributed by atoms with E-state index in [1.807, 2.05) is 6.07 Å². The van der Waals surface area contributed by atoms with Crippen molar-refractivity contribution >= 4 is 38.8 Å². The number of amides is 2. The van der Waals surface area contributed by atoms with Crippen molar-refractivity contribution in [3.8, 4) is 23.3 Å². The second-order valence-corrected chi connectivity index (χ2v) is 25.5. The lowest BCUT2D eigenvalue weighted by Gasteiger charge is -2.63. The van der Waals surface area contributed by atoms with E-state index in [0.717, 1.165) is 50.8 Å². The van der Waals surface area contributed by atoms with Gasteiger partial charge in [-0.1, -0.05) is 83.7 Å². The number of nitrogens with zero attached hydrogens (tertiary/aromatic N) is 4. The standard InChI is InChI=1S/C57H75ClFN7O7S/c1-7-74(69,70)35-36-18-21-47(44(29-36)45-34-64(6)52(68)50-43(45)22-25-61-50)73-48-17-11-13-37(49(48)59)14-12-28-71-41-23-26-65(27-24-41)55-62-32-39(33-66(55)40-15-9-8-10-16-40)51(67)63-53-56(2,3)54(57(53,4)5)72-42-20-19-38(31-60)46(58)30-42/h11,13,17-21,29-30,34,39-41,43,50,53-55,61-62H,7-10,12,14-16,22-28,32-33,35H2,1-6H3,(H,63,67). The molecule has 14 nitrogen and oxygen atoms in total. The fraction of sp³-hybridized carbons (Fsp3) is 0.596. The number of rotatable bonds is 17. The highest BCUT2D eigenvalue weighted by Crippen LogP contribution is 2.56. The molecule has 9 rings (SSSR count). The number of halogens is 2. The molecule has 3 aromatic carbocycles. The minimum atomic E-state index is -3.33. The number of carbonyl (C=O) groups is 2. The Morgan fingerprint density at radius 1 is 0.973 bits per heavy atom. The van der Waals surface area contributed by atoms with Crippen molar-refractivity contribution in [2.75, 3.05) is 52.1 Å². The minimum Gasteiger partial charge on any atom is -0.489 e. The number of likely N-dealkylation sites (tertiary alicyclic amines) is 1. The average molecular weight is 1060 g/mol. The van der Waals surface area contributed by atoms with Gasteiger partial charge in [0.15, 0.2) is 21.4 Å². The first-order chi connectivity index (χ1) is 35.4. The van der Waals surface area contributed by atoms with Gasteiger partial charge in [0.25, 0.3) is 0 Å². The summed E-state index contributed by atoms with van der Waals surface area (Å²) >= 11 is 6.34. The van der Waals surface area contributed by atoms with Crippen LogP contribution in [0.1, 0.15) is 115 Å². The Morgan fingerprint density at radius 3 is 2.45 bits per heavy atom. The average Bonchev–Trinajstić information content (AvgIpc) is 3.89. The topological polar surface area (TPSA) is 166 Å². The molecular formula is C57H75ClFN7O7S. The smallest absolute Gasteiger partial charge is 0.244 e. The van der Waals surface area contributed by atoms with Crippen LogP contribution in [0.2, 0.25) is 5.02 Å². The Labute approximate surface area is 442 Å². The SMILES string of the molecule is CCS(=O)(=O)Cc1ccc(Oc2cccc(CCCOC3CCN(C4NCC(C(=O)NC5C(C)(C)C(Oc6ccc(C#N)c(Cl)c6)C5(C)C)CN4C4CCCCC4)CC3)c2F)c(C2=CN(C)C(=O)C3NCCC23)c1. The Hall–Kier alpha value is -4.60. The molecule has 3 N–H and O–H groups in total. The predicted molar refractivity (Wildman–Crippen MR) is 285 cm³/mol. The van der Waals surface area contributed by atoms with Crippen LogP contribution in [0.15, 0.2) is 60.8 Å². The van der Waals surface area contributed by atoms with Crippen LogP contribution >= 0.6 is 11.6 Å². The first-order valence-electron chi connectivity index (χ1n) is 26.9. The van der Waals surface area contributed by atoms with E-state index in [1.54, 1.807) is 73.6 Å². The van der Waals surface area contributed by atoms with Crippen LogP contribution in [0.4, 0.5) is 4.39 Å². The third-order valence-corrected chi connectivity index (χ3v) is 18.9. The molecule has 0 radical (unpaired) electrons. The van der Waals surface area contributed by atoms with Crippen LogP contribution in [0.5, 0.6) is 17.2 Å². The second kappa shape index (κ2) is 22.5. The van der Waals surface area contributed by atoms with Crippen molar-refractivity contribution in [1.82, 2.24) is 30.7 Å². The number of benzene rings is 3. The Kier molecular flexibility index (Phi) is 16.5. The number of sulfone groups is 1. The zero-order valence-corrected chi connectivity index (χ0v) is 45.5. The maximum Gasteiger partial charge on any atom is 0.244 e. The van der Waals surface area contributed by atoms with Gasteiger partial charge in [0.2, 0.25) is 11.8 Å². The summed E-state index contributed by atoms with van der Waals surface area (Å²) in [4.78, 5) is 33.9. The quantitative estimate of drug-likeness (QED) is 0.111. The molecule has 6 aliphatic rings. The lowest BCUT2D eigenvalue weighted by molar-refractivity contribution is -0.176. The van der Waals surface area contributed by atoms with Gasteiger partial charge in [-0.3, -0.25) is 24.7 Å². The van der Waals surface area contributed by atoms with Crippen LogP contribution in [-0.2, 0) is 36.3 Å². The number of fused-ring (bicyclic) bond motifs is 1. The van der Waals surface area contributed by atoms with E-state index in [9.17, 15) is 23.3 Å². The maximum atomic E-state index is 16.3. The number of aryl methyl sites for hydroxylation is 1. The second-order valence-electron chi connectivity index (χ2n) is 22.7. The normalized spacial score (nSPS) is 26.7. The van der Waals surface area contributed by atoms with Gasteiger partial charge < -0.3 is 29.7 Å². The van der Waals surface area contributed by atoms with Gasteiger partial charge in [0, 0.05) is 92.2 Å². The third kappa shape index (κ3) is 11.4. The molecule has 4 unspecified atom stereocenters. The van der Waals surface area contributed by atoms with Crippen LogP contribution in [0.25, 0.3) is 5.57 Å². The molecular weight excluding hydrogens is 981 g/mol. The molecule has 4 aliphatic heterocycles. The third-order valence-electron chi connectivity index (χ3n) is 16.9. The molecule has 2 saturated carbocycles. The first kappa shape index (κ1) is 54.2. The van der Waals surface area contributed by atoms with Gasteiger partial charge in [0.05, 0.1) is 34.4 Å². The number of likely N-dealkylation sites (N-methyl/N-ethyl adjacent to an activating group) is 1. The van der Waals surface area contributed by atoms with Crippen LogP contribution < -0.4 is 25.4 Å². The Morgan fingerprint density at radius 2 is 1.73 bits per heavy atom. The lowest BCUT2D eigenvalue weighted by atomic mass is 9.49. The van der Waals surface area contributed by atoms with Crippen molar-refractivity contribution in [2.24, 2.45) is 22.7 Å². The van der Waals surface area contributed by atoms with Gasteiger partial charge in [-0.25, -0.2) is 12.8 Å². The van der Waals surface area contributed by atoms with E-state index in [-0.39, 0.29) is 76.3 Å². The summed E-state index contributed by atoms with van der Waals surface area (Å²) in [5, 5.41) is 20.3. The molecule has 4 heterocycles. The molecule has 17 heteroatoms. The van der Waals surface area contributed by atoms with Crippen molar-refractivity contribution in [1.29, 1.82) is 5.26 Å². The Balaban J connectivity index is 0.780. The Bertz CT molecular complexity index is 2720. The molecule has 3 saturated heterocycles. The predicted octanol–water partition coefficient (Wildman–Crippen LogP) is 8.42. The van der Waals surface area contributed by atoms with Gasteiger partial charge in [-0.2, -0.15) is 5.26 Å². The van der Waals surface area contributed by atoms with Gasteiger partial charge in [0.1, 0.15) is 30.0 Å². The first-order valence-corrected chi connectivity index (χ1v) is 29.1. The summed E-state index contributed by atoms with van der Waals surface area (Å²) in [6.45, 7) is 14.4. The molecule has 4 atom stereocenters. The van der Waals surface area contributed by atoms with Gasteiger partial charge in [-0.15, -0.1) is 0 Å². The van der Waals surface area contributed by atoms with Crippen LogP contribution in [-0.4, -0.2) is 124 Å².